The van der Waals surface area contributed by atoms with Crippen LogP contribution in [0.4, 0.5) is 0 Å². The predicted octanol–water partition coefficient (Wildman–Crippen LogP) is 0.160. The third-order valence-electron chi connectivity index (χ3n) is 0.631. The number of hydrogen-bond acceptors (Lipinski definition) is 2. The van der Waals surface area contributed by atoms with E-state index in [1.54, 1.807) is 0 Å². The van der Waals surface area contributed by atoms with Crippen molar-refractivity contribution in [3.63, 3.8) is 0 Å². The lowest BCUT2D eigenvalue weighted by Crippen LogP contribution is -2.11. The molecular weight excluding hydrogens is 94.0 g/mol. The van der Waals surface area contributed by atoms with Crippen LogP contribution in [-0.4, -0.2) is 23.8 Å². The van der Waals surface area contributed by atoms with Crippen LogP contribution in [0.1, 0.15) is 6.92 Å². The Balaban J connectivity index is 3.55. The van der Waals surface area contributed by atoms with Crippen molar-refractivity contribution in [2.24, 2.45) is 4.99 Å². The molecule has 0 heterocycles. The van der Waals surface area contributed by atoms with Gasteiger partial charge in [0.25, 0.3) is 0 Å². The quantitative estimate of drug-likeness (QED) is 0.504. The normalized spacial score (nSPS) is 12.7. The van der Waals surface area contributed by atoms with Gasteiger partial charge < -0.3 is 5.11 Å². The molecule has 3 heteroatoms. The summed E-state index contributed by atoms with van der Waals surface area (Å²) in [6.07, 6.45) is 0. The first-order valence-corrected chi connectivity index (χ1v) is 1.87. The molecule has 0 aromatic rings. The number of nitrogens with zero attached hydrogens (tertiary/aromatic N) is 1. The fraction of sp³-hybridized carbons (Fsp3) is 0.500. The van der Waals surface area contributed by atoms with Crippen LogP contribution in [0.5, 0.6) is 0 Å². The van der Waals surface area contributed by atoms with Gasteiger partial charge in [0.1, 0.15) is 6.04 Å². The average Bonchev–Trinajstić information content (AvgIpc) is 1.65. The van der Waals surface area contributed by atoms with Gasteiger partial charge in [0.05, 0.1) is 0 Å². The zero-order valence-electron chi connectivity index (χ0n) is 4.09. The van der Waals surface area contributed by atoms with E-state index in [0.29, 0.717) is 0 Å². The Labute approximate surface area is 41.7 Å². The minimum Gasteiger partial charge on any atom is -0.480 e. The third kappa shape index (κ3) is 1.92. The zero-order chi connectivity index (χ0) is 5.86. The number of carbonyl (C=O) groups is 1. The van der Waals surface area contributed by atoms with Gasteiger partial charge in [0.2, 0.25) is 0 Å². The Morgan fingerprint density at radius 3 is 2.43 bits per heavy atom. The average molecular weight is 101 g/mol. The van der Waals surface area contributed by atoms with Gasteiger partial charge in [-0.05, 0) is 13.6 Å². The maximum absolute atomic E-state index is 9.80. The first kappa shape index (κ1) is 6.14. The maximum Gasteiger partial charge on any atom is 0.328 e. The molecule has 0 aliphatic carbocycles. The molecule has 0 aliphatic rings. The molecule has 1 N–H and O–H groups in total. The summed E-state index contributed by atoms with van der Waals surface area (Å²) in [7, 11) is 0. The van der Waals surface area contributed by atoms with Gasteiger partial charge in [0.15, 0.2) is 0 Å². The van der Waals surface area contributed by atoms with E-state index >= 15 is 0 Å². The number of carboxylic acid groups (broad SMARTS) is 1. The van der Waals surface area contributed by atoms with E-state index < -0.39 is 12.0 Å². The first-order chi connectivity index (χ1) is 3.18. The summed E-state index contributed by atoms with van der Waals surface area (Å²) >= 11 is 0. The van der Waals surface area contributed by atoms with Gasteiger partial charge in [-0.25, -0.2) is 4.79 Å². The van der Waals surface area contributed by atoms with Crippen molar-refractivity contribution in [1.82, 2.24) is 0 Å². The molecular formula is C4H7NO2. The molecule has 0 aromatic heterocycles. The van der Waals surface area contributed by atoms with Crippen molar-refractivity contribution >= 4 is 12.7 Å². The Morgan fingerprint density at radius 2 is 2.43 bits per heavy atom. The second kappa shape index (κ2) is 2.34. The van der Waals surface area contributed by atoms with Crippen LogP contribution in [-0.2, 0) is 4.79 Å². The fourth-order valence-electron chi connectivity index (χ4n) is 0.0781. The summed E-state index contributed by atoms with van der Waals surface area (Å²) in [5, 5.41) is 8.05. The van der Waals surface area contributed by atoms with E-state index in [-0.39, 0.29) is 0 Å². The Hall–Kier alpha value is -0.860. The van der Waals surface area contributed by atoms with Gasteiger partial charge in [-0.1, -0.05) is 0 Å². The van der Waals surface area contributed by atoms with Crippen LogP contribution in [0.2, 0.25) is 0 Å². The lowest BCUT2D eigenvalue weighted by molar-refractivity contribution is -0.137. The topological polar surface area (TPSA) is 49.7 Å². The van der Waals surface area contributed by atoms with E-state index in [1.165, 1.54) is 6.92 Å². The molecule has 0 aromatic carbocycles. The summed E-state index contributed by atoms with van der Waals surface area (Å²) < 4.78 is 0. The van der Waals surface area contributed by atoms with E-state index in [4.69, 9.17) is 5.11 Å². The molecule has 7 heavy (non-hydrogen) atoms. The Bertz CT molecular complexity index is 89.7. The molecule has 0 bridgehead atoms. The molecule has 1 atom stereocenters. The third-order valence-corrected chi connectivity index (χ3v) is 0.631. The molecule has 0 spiro atoms. The minimum absolute atomic E-state index is 0.667. The van der Waals surface area contributed by atoms with Gasteiger partial charge in [-0.3, -0.25) is 4.99 Å². The highest BCUT2D eigenvalue weighted by Gasteiger charge is 2.03. The number of carboxylic acids is 1. The number of aliphatic carboxylic acids is 1. The van der Waals surface area contributed by atoms with Gasteiger partial charge in [-0.15, -0.1) is 0 Å². The van der Waals surface area contributed by atoms with Gasteiger partial charge >= 0.3 is 5.97 Å². The van der Waals surface area contributed by atoms with Crippen molar-refractivity contribution < 1.29 is 9.90 Å². The van der Waals surface area contributed by atoms with Crippen LogP contribution >= 0.6 is 0 Å². The van der Waals surface area contributed by atoms with Crippen LogP contribution in [0.25, 0.3) is 0 Å². The summed E-state index contributed by atoms with van der Waals surface area (Å²) in [5.41, 5.74) is 0. The molecule has 0 rings (SSSR count). The summed E-state index contributed by atoms with van der Waals surface area (Å²) in [6, 6.07) is -0.667. The minimum atomic E-state index is -0.935. The largest absolute Gasteiger partial charge is 0.480 e. The first-order valence-electron chi connectivity index (χ1n) is 1.87. The van der Waals surface area contributed by atoms with Crippen LogP contribution < -0.4 is 0 Å². The van der Waals surface area contributed by atoms with Crippen molar-refractivity contribution in [3.8, 4) is 0 Å². The predicted molar refractivity (Wildman–Crippen MR) is 26.6 cm³/mol. The van der Waals surface area contributed by atoms with Crippen molar-refractivity contribution in [1.29, 1.82) is 0 Å². The molecule has 40 valence electrons. The van der Waals surface area contributed by atoms with Crippen LogP contribution in [0.3, 0.4) is 0 Å². The molecule has 0 aliphatic heterocycles. The number of hydrogen-bond donors (Lipinski definition) is 1. The molecule has 0 saturated carbocycles. The molecule has 0 amide bonds. The van der Waals surface area contributed by atoms with E-state index in [1.807, 2.05) is 0 Å². The number of rotatable bonds is 2. The highest BCUT2D eigenvalue weighted by molar-refractivity contribution is 5.73. The lowest BCUT2D eigenvalue weighted by Gasteiger charge is -1.92. The second-order valence-corrected chi connectivity index (χ2v) is 1.20. The zero-order valence-corrected chi connectivity index (χ0v) is 4.09. The molecule has 0 unspecified atom stereocenters. The van der Waals surface area contributed by atoms with Gasteiger partial charge in [-0.2, -0.15) is 0 Å². The molecule has 0 saturated heterocycles. The molecule has 0 radical (unpaired) electrons. The maximum atomic E-state index is 9.80. The van der Waals surface area contributed by atoms with Gasteiger partial charge in [0, 0.05) is 0 Å². The highest BCUT2D eigenvalue weighted by Crippen LogP contribution is 1.83. The second-order valence-electron chi connectivity index (χ2n) is 1.20. The van der Waals surface area contributed by atoms with E-state index in [9.17, 15) is 4.79 Å². The fourth-order valence-corrected chi connectivity index (χ4v) is 0.0781. The van der Waals surface area contributed by atoms with Crippen molar-refractivity contribution in [2.45, 2.75) is 13.0 Å². The highest BCUT2D eigenvalue weighted by atomic mass is 16.4. The van der Waals surface area contributed by atoms with E-state index in [2.05, 4.69) is 11.7 Å². The SMILES string of the molecule is C=N[C@@H](C)C(=O)O. The smallest absolute Gasteiger partial charge is 0.328 e. The Morgan fingerprint density at radius 1 is 2.00 bits per heavy atom. The monoisotopic (exact) mass is 101 g/mol. The van der Waals surface area contributed by atoms with Crippen molar-refractivity contribution in [2.75, 3.05) is 0 Å². The summed E-state index contributed by atoms with van der Waals surface area (Å²) in [6.45, 7) is 4.52. The van der Waals surface area contributed by atoms with E-state index in [0.717, 1.165) is 0 Å². The number of aliphatic imine (C=N–C) groups is 1. The molecule has 0 fully saturated rings. The van der Waals surface area contributed by atoms with Crippen molar-refractivity contribution in [3.05, 3.63) is 0 Å². The molecule has 3 nitrogen and oxygen atoms in total. The lowest BCUT2D eigenvalue weighted by atomic mass is 10.4. The van der Waals surface area contributed by atoms with Crippen LogP contribution in [0.15, 0.2) is 4.99 Å². The van der Waals surface area contributed by atoms with Crippen LogP contribution in [0, 0.1) is 0 Å². The summed E-state index contributed by atoms with van der Waals surface area (Å²) in [4.78, 5) is 13.0. The Kier molecular flexibility index (Phi) is 2.05. The summed E-state index contributed by atoms with van der Waals surface area (Å²) in [5.74, 6) is -0.935. The standard InChI is InChI=1S/C4H7NO2/c1-3(5-2)4(6)7/h3H,2H2,1H3,(H,6,7)/t3-/m0/s1.